The molecule has 0 aliphatic carbocycles. The summed E-state index contributed by atoms with van der Waals surface area (Å²) in [5.74, 6) is 4.53. The molecule has 0 unspecified atom stereocenters. The summed E-state index contributed by atoms with van der Waals surface area (Å²) < 4.78 is 39.9. The minimum Gasteiger partial charge on any atom is -0.320 e. The zero-order valence-electron chi connectivity index (χ0n) is 10.9. The maximum Gasteiger partial charge on any atom is 0.282 e. The molecule has 0 aliphatic rings. The SMILES string of the molecule is NCC#Cc1cccc(NS(=O)(=O)c2ncccc2F)c1. The number of pyridine rings is 1. The molecule has 1 aromatic heterocycles. The maximum absolute atomic E-state index is 13.5. The van der Waals surface area contributed by atoms with Gasteiger partial charge in [0.1, 0.15) is 0 Å². The third kappa shape index (κ3) is 3.78. The second-order valence-electron chi connectivity index (χ2n) is 3.98. The Balaban J connectivity index is 2.31. The molecule has 5 nitrogen and oxygen atoms in total. The fraction of sp³-hybridized carbons (Fsp3) is 0.0714. The largest absolute Gasteiger partial charge is 0.320 e. The van der Waals surface area contributed by atoms with Crippen LogP contribution in [0.2, 0.25) is 0 Å². The van der Waals surface area contributed by atoms with Crippen molar-refractivity contribution >= 4 is 15.7 Å². The van der Waals surface area contributed by atoms with Crippen LogP contribution in [-0.4, -0.2) is 19.9 Å². The molecule has 1 aromatic carbocycles. The van der Waals surface area contributed by atoms with Gasteiger partial charge in [0.25, 0.3) is 10.0 Å². The zero-order chi connectivity index (χ0) is 15.3. The molecule has 0 fully saturated rings. The number of nitrogens with one attached hydrogen (secondary N) is 1. The van der Waals surface area contributed by atoms with Crippen LogP contribution in [0.5, 0.6) is 0 Å². The molecule has 1 heterocycles. The molecule has 0 bridgehead atoms. The first-order chi connectivity index (χ1) is 10.0. The van der Waals surface area contributed by atoms with E-state index in [1.165, 1.54) is 24.4 Å². The molecule has 0 spiro atoms. The summed E-state index contributed by atoms with van der Waals surface area (Å²) in [5.41, 5.74) is 6.14. The van der Waals surface area contributed by atoms with Gasteiger partial charge in [0, 0.05) is 11.8 Å². The van der Waals surface area contributed by atoms with Crippen LogP contribution >= 0.6 is 0 Å². The van der Waals surface area contributed by atoms with Gasteiger partial charge in [0.2, 0.25) is 5.03 Å². The smallest absolute Gasteiger partial charge is 0.282 e. The maximum atomic E-state index is 13.5. The minimum absolute atomic E-state index is 0.203. The fourth-order valence-corrected chi connectivity index (χ4v) is 2.64. The molecular formula is C14H12FN3O2S. The molecular weight excluding hydrogens is 293 g/mol. The Morgan fingerprint density at radius 1 is 1.29 bits per heavy atom. The standard InChI is InChI=1S/C14H12FN3O2S/c15-13-7-3-9-17-14(13)21(19,20)18-12-6-1-4-11(10-12)5-2-8-16/h1,3-4,6-7,9-10,18H,8,16H2. The summed E-state index contributed by atoms with van der Waals surface area (Å²) in [6.07, 6.45) is 1.21. The van der Waals surface area contributed by atoms with Crippen molar-refractivity contribution in [3.63, 3.8) is 0 Å². The van der Waals surface area contributed by atoms with Crippen LogP contribution in [0.1, 0.15) is 5.56 Å². The summed E-state index contributed by atoms with van der Waals surface area (Å²) in [6, 6.07) is 8.75. The molecule has 2 aromatic rings. The van der Waals surface area contributed by atoms with Crippen LogP contribution in [0.25, 0.3) is 0 Å². The van der Waals surface area contributed by atoms with Gasteiger partial charge in [-0.05, 0) is 30.3 Å². The molecule has 2 rings (SSSR count). The van der Waals surface area contributed by atoms with E-state index in [4.69, 9.17) is 5.73 Å². The Labute approximate surface area is 122 Å². The van der Waals surface area contributed by atoms with Crippen LogP contribution in [0.3, 0.4) is 0 Å². The van der Waals surface area contributed by atoms with Crippen molar-refractivity contribution in [1.82, 2.24) is 4.98 Å². The predicted molar refractivity (Wildman–Crippen MR) is 77.4 cm³/mol. The number of sulfonamides is 1. The molecule has 0 atom stereocenters. The molecule has 0 saturated carbocycles. The quantitative estimate of drug-likeness (QED) is 0.838. The third-order valence-corrected chi connectivity index (χ3v) is 3.74. The lowest BCUT2D eigenvalue weighted by atomic mass is 10.2. The van der Waals surface area contributed by atoms with Crippen molar-refractivity contribution in [2.45, 2.75) is 5.03 Å². The van der Waals surface area contributed by atoms with Gasteiger partial charge in [-0.1, -0.05) is 17.9 Å². The third-order valence-electron chi connectivity index (χ3n) is 2.43. The van der Waals surface area contributed by atoms with Gasteiger partial charge in [-0.2, -0.15) is 8.42 Å². The van der Waals surface area contributed by atoms with Crippen LogP contribution in [-0.2, 0) is 10.0 Å². The number of aromatic nitrogens is 1. The van der Waals surface area contributed by atoms with Gasteiger partial charge in [-0.15, -0.1) is 0 Å². The van der Waals surface area contributed by atoms with Crippen LogP contribution in [0.15, 0.2) is 47.6 Å². The van der Waals surface area contributed by atoms with Crippen molar-refractivity contribution in [1.29, 1.82) is 0 Å². The van der Waals surface area contributed by atoms with E-state index in [0.717, 1.165) is 6.07 Å². The Morgan fingerprint density at radius 2 is 2.10 bits per heavy atom. The Kier molecular flexibility index (Phi) is 4.52. The summed E-state index contributed by atoms with van der Waals surface area (Å²) in [4.78, 5) is 3.55. The number of hydrogen-bond acceptors (Lipinski definition) is 4. The predicted octanol–water partition coefficient (Wildman–Crippen LogP) is 1.33. The first-order valence-electron chi connectivity index (χ1n) is 5.95. The van der Waals surface area contributed by atoms with E-state index in [0.29, 0.717) is 5.56 Å². The number of halogens is 1. The highest BCUT2D eigenvalue weighted by Gasteiger charge is 2.20. The lowest BCUT2D eigenvalue weighted by Crippen LogP contribution is -2.16. The Bertz CT molecular complexity index is 810. The highest BCUT2D eigenvalue weighted by Crippen LogP contribution is 2.17. The molecule has 7 heteroatoms. The van der Waals surface area contributed by atoms with Crippen molar-refractivity contribution in [2.24, 2.45) is 5.73 Å². The summed E-state index contributed by atoms with van der Waals surface area (Å²) in [6.45, 7) is 0.203. The van der Waals surface area contributed by atoms with E-state index in [1.54, 1.807) is 12.1 Å². The highest BCUT2D eigenvalue weighted by molar-refractivity contribution is 7.92. The lowest BCUT2D eigenvalue weighted by molar-refractivity contribution is 0.557. The summed E-state index contributed by atoms with van der Waals surface area (Å²) >= 11 is 0. The van der Waals surface area contributed by atoms with E-state index in [2.05, 4.69) is 21.5 Å². The first kappa shape index (κ1) is 15.0. The average molecular weight is 305 g/mol. The molecule has 0 radical (unpaired) electrons. The molecule has 3 N–H and O–H groups in total. The molecule has 0 amide bonds. The van der Waals surface area contributed by atoms with Crippen molar-refractivity contribution in [3.05, 3.63) is 54.0 Å². The van der Waals surface area contributed by atoms with Crippen LogP contribution < -0.4 is 10.5 Å². The second kappa shape index (κ2) is 6.35. The lowest BCUT2D eigenvalue weighted by Gasteiger charge is -2.08. The molecule has 0 saturated heterocycles. The van der Waals surface area contributed by atoms with Crippen molar-refractivity contribution < 1.29 is 12.8 Å². The van der Waals surface area contributed by atoms with Gasteiger partial charge in [-0.25, -0.2) is 9.37 Å². The number of hydrogen-bond donors (Lipinski definition) is 2. The molecule has 21 heavy (non-hydrogen) atoms. The number of anilines is 1. The number of rotatable bonds is 3. The van der Waals surface area contributed by atoms with Gasteiger partial charge in [0.15, 0.2) is 5.82 Å². The zero-order valence-corrected chi connectivity index (χ0v) is 11.7. The monoisotopic (exact) mass is 305 g/mol. The van der Waals surface area contributed by atoms with Gasteiger partial charge in [0.05, 0.1) is 12.2 Å². The summed E-state index contributed by atoms with van der Waals surface area (Å²) in [5, 5.41) is -0.650. The van der Waals surface area contributed by atoms with Gasteiger partial charge >= 0.3 is 0 Å². The molecule has 0 aliphatic heterocycles. The van der Waals surface area contributed by atoms with E-state index in [9.17, 15) is 12.8 Å². The number of nitrogens with zero attached hydrogens (tertiary/aromatic N) is 1. The van der Waals surface area contributed by atoms with Crippen LogP contribution in [0.4, 0.5) is 10.1 Å². The van der Waals surface area contributed by atoms with Crippen LogP contribution in [0, 0.1) is 17.7 Å². The second-order valence-corrected chi connectivity index (χ2v) is 5.58. The van der Waals surface area contributed by atoms with Crippen molar-refractivity contribution in [3.8, 4) is 11.8 Å². The van der Waals surface area contributed by atoms with Gasteiger partial charge < -0.3 is 5.73 Å². The van der Waals surface area contributed by atoms with E-state index >= 15 is 0 Å². The number of benzene rings is 1. The topological polar surface area (TPSA) is 85.1 Å². The summed E-state index contributed by atoms with van der Waals surface area (Å²) in [7, 11) is -4.09. The Morgan fingerprint density at radius 3 is 2.81 bits per heavy atom. The molecule has 108 valence electrons. The Hall–Kier alpha value is -2.43. The minimum atomic E-state index is -4.09. The van der Waals surface area contributed by atoms with E-state index < -0.39 is 20.9 Å². The fourth-order valence-electron chi connectivity index (χ4n) is 1.59. The van der Waals surface area contributed by atoms with E-state index in [-0.39, 0.29) is 12.2 Å². The van der Waals surface area contributed by atoms with Crippen molar-refractivity contribution in [2.75, 3.05) is 11.3 Å². The normalized spacial score (nSPS) is 10.6. The van der Waals surface area contributed by atoms with Gasteiger partial charge in [-0.3, -0.25) is 4.72 Å². The first-order valence-corrected chi connectivity index (χ1v) is 7.43. The average Bonchev–Trinajstić information content (AvgIpc) is 2.45. The highest BCUT2D eigenvalue weighted by atomic mass is 32.2. The van der Waals surface area contributed by atoms with E-state index in [1.807, 2.05) is 0 Å². The number of nitrogens with two attached hydrogens (primary N) is 1.